The molecule has 2 saturated heterocycles. The summed E-state index contributed by atoms with van der Waals surface area (Å²) < 4.78 is 5.48. The summed E-state index contributed by atoms with van der Waals surface area (Å²) in [5.41, 5.74) is 1.23. The zero-order valence-electron chi connectivity index (χ0n) is 14.6. The first-order valence-corrected chi connectivity index (χ1v) is 9.43. The number of aryl methyl sites for hydroxylation is 1. The molecule has 4 nitrogen and oxygen atoms in total. The summed E-state index contributed by atoms with van der Waals surface area (Å²) in [4.78, 5) is 14.7. The molecule has 2 fully saturated rings. The molecule has 0 aliphatic carbocycles. The number of carbonyl (C=O) groups excluding carboxylic acids is 1. The molecule has 1 aromatic rings. The Morgan fingerprint density at radius 2 is 1.96 bits per heavy atom. The van der Waals surface area contributed by atoms with Crippen LogP contribution in [-0.4, -0.2) is 49.7 Å². The number of amides is 1. The average molecular weight is 330 g/mol. The lowest BCUT2D eigenvalue weighted by Crippen LogP contribution is -2.47. The van der Waals surface area contributed by atoms with E-state index in [9.17, 15) is 4.79 Å². The zero-order valence-corrected chi connectivity index (χ0v) is 14.6. The van der Waals surface area contributed by atoms with Gasteiger partial charge < -0.3 is 10.1 Å². The molecule has 3 rings (SSSR count). The van der Waals surface area contributed by atoms with Gasteiger partial charge in [-0.3, -0.25) is 9.69 Å². The maximum absolute atomic E-state index is 12.1. The molecule has 1 unspecified atom stereocenters. The summed E-state index contributed by atoms with van der Waals surface area (Å²) in [6.45, 7) is 4.98. The Bertz CT molecular complexity index is 500. The van der Waals surface area contributed by atoms with E-state index in [4.69, 9.17) is 4.74 Å². The highest BCUT2D eigenvalue weighted by atomic mass is 16.5. The summed E-state index contributed by atoms with van der Waals surface area (Å²) in [5, 5.41) is 3.16. The largest absolute Gasteiger partial charge is 0.381 e. The van der Waals surface area contributed by atoms with Crippen molar-refractivity contribution in [3.63, 3.8) is 0 Å². The van der Waals surface area contributed by atoms with Gasteiger partial charge in [0.2, 0.25) is 5.91 Å². The van der Waals surface area contributed by atoms with Crippen molar-refractivity contribution in [1.82, 2.24) is 10.2 Å². The lowest BCUT2D eigenvalue weighted by molar-refractivity contribution is -0.121. The first-order valence-electron chi connectivity index (χ1n) is 9.43. The Labute approximate surface area is 145 Å². The molecule has 2 aliphatic rings. The van der Waals surface area contributed by atoms with Gasteiger partial charge in [0.1, 0.15) is 0 Å². The van der Waals surface area contributed by atoms with Crippen LogP contribution in [0.5, 0.6) is 0 Å². The molecule has 1 aromatic carbocycles. The van der Waals surface area contributed by atoms with E-state index < -0.39 is 0 Å². The lowest BCUT2D eigenvalue weighted by atomic mass is 9.94. The summed E-state index contributed by atoms with van der Waals surface area (Å²) in [6, 6.07) is 10.9. The van der Waals surface area contributed by atoms with Crippen molar-refractivity contribution in [2.24, 2.45) is 5.92 Å². The minimum Gasteiger partial charge on any atom is -0.381 e. The molecule has 1 amide bonds. The van der Waals surface area contributed by atoms with Gasteiger partial charge >= 0.3 is 0 Å². The van der Waals surface area contributed by atoms with E-state index in [0.29, 0.717) is 18.4 Å². The second-order valence-corrected chi connectivity index (χ2v) is 7.14. The van der Waals surface area contributed by atoms with E-state index in [2.05, 4.69) is 22.3 Å². The molecule has 132 valence electrons. The fourth-order valence-electron chi connectivity index (χ4n) is 3.89. The van der Waals surface area contributed by atoms with Gasteiger partial charge in [-0.05, 0) is 50.1 Å². The summed E-state index contributed by atoms with van der Waals surface area (Å²) in [5.74, 6) is 0.782. The van der Waals surface area contributed by atoms with E-state index >= 15 is 0 Å². The topological polar surface area (TPSA) is 41.6 Å². The number of piperidine rings is 1. The maximum Gasteiger partial charge on any atom is 0.220 e. The molecular formula is C20H30N2O2. The number of ether oxygens (including phenoxy) is 1. The van der Waals surface area contributed by atoms with Crippen LogP contribution in [-0.2, 0) is 16.0 Å². The number of benzene rings is 1. The molecule has 0 aromatic heterocycles. The third-order valence-electron chi connectivity index (χ3n) is 5.33. The van der Waals surface area contributed by atoms with Gasteiger partial charge in [0.15, 0.2) is 0 Å². The Balaban J connectivity index is 1.37. The van der Waals surface area contributed by atoms with E-state index in [0.717, 1.165) is 45.6 Å². The molecule has 0 spiro atoms. The van der Waals surface area contributed by atoms with Crippen LogP contribution < -0.4 is 5.32 Å². The maximum atomic E-state index is 12.1. The van der Waals surface area contributed by atoms with Gasteiger partial charge in [0.25, 0.3) is 0 Å². The SMILES string of the molecule is O=C(CCc1ccccc1)NCC1CCCN(C2CCOCC2)C1. The first-order chi connectivity index (χ1) is 11.8. The molecule has 24 heavy (non-hydrogen) atoms. The van der Waals surface area contributed by atoms with Gasteiger partial charge in [0, 0.05) is 38.8 Å². The van der Waals surface area contributed by atoms with Crippen molar-refractivity contribution in [3.8, 4) is 0 Å². The Morgan fingerprint density at radius 3 is 2.75 bits per heavy atom. The number of nitrogens with zero attached hydrogens (tertiary/aromatic N) is 1. The second kappa shape index (κ2) is 9.19. The van der Waals surface area contributed by atoms with E-state index in [1.54, 1.807) is 0 Å². The van der Waals surface area contributed by atoms with Crippen LogP contribution in [0.1, 0.15) is 37.7 Å². The predicted octanol–water partition coefficient (Wildman–Crippen LogP) is 2.63. The Morgan fingerprint density at radius 1 is 1.17 bits per heavy atom. The van der Waals surface area contributed by atoms with Crippen molar-refractivity contribution >= 4 is 5.91 Å². The van der Waals surface area contributed by atoms with Gasteiger partial charge in [-0.2, -0.15) is 0 Å². The number of carbonyl (C=O) groups is 1. The highest BCUT2D eigenvalue weighted by Crippen LogP contribution is 2.22. The smallest absolute Gasteiger partial charge is 0.220 e. The fourth-order valence-corrected chi connectivity index (χ4v) is 3.89. The number of hydrogen-bond donors (Lipinski definition) is 1. The third-order valence-corrected chi connectivity index (χ3v) is 5.33. The molecule has 0 bridgehead atoms. The van der Waals surface area contributed by atoms with Gasteiger partial charge in [0.05, 0.1) is 0 Å². The van der Waals surface area contributed by atoms with Crippen LogP contribution in [0.25, 0.3) is 0 Å². The zero-order chi connectivity index (χ0) is 16.6. The number of hydrogen-bond acceptors (Lipinski definition) is 3. The van der Waals surface area contributed by atoms with Gasteiger partial charge in [-0.15, -0.1) is 0 Å². The standard InChI is InChI=1S/C20H30N2O2/c23-20(9-8-17-5-2-1-3-6-17)21-15-18-7-4-12-22(16-18)19-10-13-24-14-11-19/h1-3,5-6,18-19H,4,7-16H2,(H,21,23). The van der Waals surface area contributed by atoms with E-state index in [-0.39, 0.29) is 5.91 Å². The average Bonchev–Trinajstić information content (AvgIpc) is 2.66. The van der Waals surface area contributed by atoms with Crippen molar-refractivity contribution in [2.75, 3.05) is 32.8 Å². The predicted molar refractivity (Wildman–Crippen MR) is 95.9 cm³/mol. The van der Waals surface area contributed by atoms with Crippen molar-refractivity contribution in [1.29, 1.82) is 0 Å². The minimum absolute atomic E-state index is 0.182. The molecule has 1 atom stereocenters. The van der Waals surface area contributed by atoms with Crippen LogP contribution in [0.4, 0.5) is 0 Å². The van der Waals surface area contributed by atoms with Gasteiger partial charge in [-0.25, -0.2) is 0 Å². The fraction of sp³-hybridized carbons (Fsp3) is 0.650. The Kier molecular flexibility index (Phi) is 6.67. The number of rotatable bonds is 6. The summed E-state index contributed by atoms with van der Waals surface area (Å²) in [7, 11) is 0. The minimum atomic E-state index is 0.182. The first kappa shape index (κ1) is 17.4. The summed E-state index contributed by atoms with van der Waals surface area (Å²) in [6.07, 6.45) is 6.22. The number of likely N-dealkylation sites (tertiary alicyclic amines) is 1. The normalized spacial score (nSPS) is 23.1. The van der Waals surface area contributed by atoms with Crippen LogP contribution in [0.2, 0.25) is 0 Å². The monoisotopic (exact) mass is 330 g/mol. The molecule has 0 radical (unpaired) electrons. The molecule has 4 heteroatoms. The van der Waals surface area contributed by atoms with Crippen LogP contribution in [0.15, 0.2) is 30.3 Å². The van der Waals surface area contributed by atoms with Crippen molar-refractivity contribution in [3.05, 3.63) is 35.9 Å². The quantitative estimate of drug-likeness (QED) is 0.872. The molecular weight excluding hydrogens is 300 g/mol. The van der Waals surface area contributed by atoms with Gasteiger partial charge in [-0.1, -0.05) is 30.3 Å². The molecule has 0 saturated carbocycles. The van der Waals surface area contributed by atoms with Crippen molar-refractivity contribution < 1.29 is 9.53 Å². The number of nitrogens with one attached hydrogen (secondary N) is 1. The molecule has 1 N–H and O–H groups in total. The van der Waals surface area contributed by atoms with E-state index in [1.165, 1.54) is 24.9 Å². The molecule has 2 aliphatic heterocycles. The lowest BCUT2D eigenvalue weighted by Gasteiger charge is -2.40. The second-order valence-electron chi connectivity index (χ2n) is 7.14. The van der Waals surface area contributed by atoms with Crippen LogP contribution in [0, 0.1) is 5.92 Å². The highest BCUT2D eigenvalue weighted by Gasteiger charge is 2.27. The molecule has 2 heterocycles. The van der Waals surface area contributed by atoms with Crippen molar-refractivity contribution in [2.45, 2.75) is 44.6 Å². The van der Waals surface area contributed by atoms with Crippen LogP contribution >= 0.6 is 0 Å². The van der Waals surface area contributed by atoms with Crippen LogP contribution in [0.3, 0.4) is 0 Å². The summed E-state index contributed by atoms with van der Waals surface area (Å²) >= 11 is 0. The Hall–Kier alpha value is -1.39. The van der Waals surface area contributed by atoms with E-state index in [1.807, 2.05) is 18.2 Å². The third kappa shape index (κ3) is 5.32. The highest BCUT2D eigenvalue weighted by molar-refractivity contribution is 5.76.